The van der Waals surface area contributed by atoms with Crippen molar-refractivity contribution in [3.63, 3.8) is 0 Å². The fraction of sp³-hybridized carbons (Fsp3) is 0.333. The Morgan fingerprint density at radius 3 is 2.46 bits per heavy atom. The Morgan fingerprint density at radius 2 is 1.77 bits per heavy atom. The fourth-order valence-electron chi connectivity index (χ4n) is 5.09. The molecule has 0 spiro atoms. The number of carbonyl (C=O) groups excluding carboxylic acids is 1. The van der Waals surface area contributed by atoms with E-state index in [1.165, 1.54) is 0 Å². The molecule has 0 aliphatic carbocycles. The molecule has 1 saturated heterocycles. The topological polar surface area (TPSA) is 97.5 Å². The van der Waals surface area contributed by atoms with Gasteiger partial charge in [-0.05, 0) is 62.7 Å². The van der Waals surface area contributed by atoms with Gasteiger partial charge in [0.15, 0.2) is 5.78 Å². The Balaban J connectivity index is 1.20. The number of Topliss-reactive ketones (excluding diaryl/α,β-unsaturated/α-hetero) is 1. The van der Waals surface area contributed by atoms with Crippen molar-refractivity contribution in [3.05, 3.63) is 88.9 Å². The summed E-state index contributed by atoms with van der Waals surface area (Å²) < 4.78 is 8.05. The van der Waals surface area contributed by atoms with E-state index in [1.807, 2.05) is 36.4 Å². The number of pyridine rings is 1. The van der Waals surface area contributed by atoms with Crippen LogP contribution in [-0.4, -0.2) is 55.1 Å². The molecule has 1 aliphatic rings. The zero-order chi connectivity index (χ0) is 27.4. The highest BCUT2D eigenvalue weighted by molar-refractivity contribution is 7.80. The smallest absolute Gasteiger partial charge is 0.335 e. The normalized spacial score (nSPS) is 14.5. The van der Waals surface area contributed by atoms with E-state index in [2.05, 4.69) is 28.2 Å². The highest BCUT2D eigenvalue weighted by Crippen LogP contribution is 2.29. The van der Waals surface area contributed by atoms with Gasteiger partial charge in [-0.2, -0.15) is 12.6 Å². The van der Waals surface area contributed by atoms with Crippen LogP contribution < -0.4 is 4.74 Å². The maximum absolute atomic E-state index is 11.5. The van der Waals surface area contributed by atoms with Crippen LogP contribution in [0.4, 0.5) is 0 Å². The summed E-state index contributed by atoms with van der Waals surface area (Å²) in [6.45, 7) is 5.18. The van der Waals surface area contributed by atoms with E-state index < -0.39 is 5.97 Å². The van der Waals surface area contributed by atoms with Crippen LogP contribution in [0.1, 0.15) is 63.5 Å². The number of hydrogen-bond acceptors (Lipinski definition) is 7. The number of benzene rings is 2. The van der Waals surface area contributed by atoms with Crippen LogP contribution in [0.2, 0.25) is 0 Å². The van der Waals surface area contributed by atoms with E-state index >= 15 is 0 Å². The first kappa shape index (κ1) is 26.9. The summed E-state index contributed by atoms with van der Waals surface area (Å²) in [5.41, 5.74) is 4.63. The van der Waals surface area contributed by atoms with Crippen LogP contribution in [-0.2, 0) is 19.7 Å². The van der Waals surface area contributed by atoms with Gasteiger partial charge in [0.25, 0.3) is 0 Å². The number of aryl methyl sites for hydroxylation is 1. The molecule has 0 unspecified atom stereocenters. The first-order valence-electron chi connectivity index (χ1n) is 13.2. The second kappa shape index (κ2) is 12.0. The zero-order valence-corrected chi connectivity index (χ0v) is 22.8. The molecule has 0 radical (unpaired) electrons. The van der Waals surface area contributed by atoms with Crippen molar-refractivity contribution < 1.29 is 19.4 Å². The second-order valence-electron chi connectivity index (χ2n) is 9.90. The third kappa shape index (κ3) is 6.32. The Hall–Kier alpha value is -3.69. The Kier molecular flexibility index (Phi) is 8.28. The monoisotopic (exact) mass is 544 g/mol. The molecule has 0 atom stereocenters. The summed E-state index contributed by atoms with van der Waals surface area (Å²) in [4.78, 5) is 34.9. The van der Waals surface area contributed by atoms with Crippen molar-refractivity contribution in [1.82, 2.24) is 19.4 Å². The minimum Gasteiger partial charge on any atom is -0.478 e. The number of piperidine rings is 1. The van der Waals surface area contributed by atoms with Gasteiger partial charge in [-0.25, -0.2) is 14.8 Å². The standard InChI is InChI=1S/C30H32N4O4S/c1-20(35)22-7-5-21(6-8-22)19-38-29-4-2-3-25(32-29)23-11-13-33(14-12-23)18-28-31-26-10-9-24(30(36)37)17-27(26)34(28)15-16-39/h2-10,17,23,39H,11-16,18-19H2,1H3,(H,36,37). The first-order valence-corrected chi connectivity index (χ1v) is 13.8. The van der Waals surface area contributed by atoms with Crippen molar-refractivity contribution in [3.8, 4) is 5.88 Å². The van der Waals surface area contributed by atoms with E-state index in [-0.39, 0.29) is 11.3 Å². The summed E-state index contributed by atoms with van der Waals surface area (Å²) in [6, 6.07) is 18.5. The average Bonchev–Trinajstić information content (AvgIpc) is 3.29. The summed E-state index contributed by atoms with van der Waals surface area (Å²) in [5, 5.41) is 9.40. The number of rotatable bonds is 10. The predicted molar refractivity (Wildman–Crippen MR) is 153 cm³/mol. The third-order valence-corrected chi connectivity index (χ3v) is 7.46. The van der Waals surface area contributed by atoms with E-state index in [0.717, 1.165) is 54.0 Å². The fourth-order valence-corrected chi connectivity index (χ4v) is 5.29. The second-order valence-corrected chi connectivity index (χ2v) is 10.4. The number of aromatic nitrogens is 3. The number of likely N-dealkylation sites (tertiary alicyclic amines) is 1. The van der Waals surface area contributed by atoms with Gasteiger partial charge in [0.2, 0.25) is 5.88 Å². The molecule has 2 aromatic carbocycles. The molecule has 9 heteroatoms. The number of carboxylic acid groups (broad SMARTS) is 1. The maximum atomic E-state index is 11.5. The summed E-state index contributed by atoms with van der Waals surface area (Å²) in [7, 11) is 0. The lowest BCUT2D eigenvalue weighted by atomic mass is 9.93. The number of ketones is 1. The van der Waals surface area contributed by atoms with E-state index in [1.54, 1.807) is 25.1 Å². The Labute approximate surface area is 233 Å². The molecule has 2 aromatic heterocycles. The lowest BCUT2D eigenvalue weighted by Crippen LogP contribution is -2.33. The van der Waals surface area contributed by atoms with E-state index in [0.29, 0.717) is 42.8 Å². The number of hydrogen-bond donors (Lipinski definition) is 2. The van der Waals surface area contributed by atoms with Gasteiger partial charge in [0.05, 0.1) is 23.1 Å². The van der Waals surface area contributed by atoms with E-state index in [9.17, 15) is 14.7 Å². The number of imidazole rings is 1. The summed E-state index contributed by atoms with van der Waals surface area (Å²) in [6.07, 6.45) is 1.97. The largest absolute Gasteiger partial charge is 0.478 e. The molecule has 39 heavy (non-hydrogen) atoms. The number of carboxylic acids is 1. The SMILES string of the molecule is CC(=O)c1ccc(COc2cccc(C3CCN(Cc4nc5ccc(C(=O)O)cc5n4CCS)CC3)n2)cc1. The lowest BCUT2D eigenvalue weighted by Gasteiger charge is -2.31. The zero-order valence-electron chi connectivity index (χ0n) is 21.9. The molecule has 0 bridgehead atoms. The van der Waals surface area contributed by atoms with Crippen molar-refractivity contribution in [2.24, 2.45) is 0 Å². The third-order valence-electron chi connectivity index (χ3n) is 7.26. The van der Waals surface area contributed by atoms with E-state index in [4.69, 9.17) is 14.7 Å². The number of ether oxygens (including phenoxy) is 1. The predicted octanol–water partition coefficient (Wildman–Crippen LogP) is 5.22. The average molecular weight is 545 g/mol. The van der Waals surface area contributed by atoms with Gasteiger partial charge in [-0.15, -0.1) is 0 Å². The molecule has 0 amide bonds. The van der Waals surface area contributed by atoms with Crippen LogP contribution in [0.25, 0.3) is 11.0 Å². The minimum absolute atomic E-state index is 0.0496. The van der Waals surface area contributed by atoms with Gasteiger partial charge in [0.1, 0.15) is 12.4 Å². The first-order chi connectivity index (χ1) is 18.9. The Morgan fingerprint density at radius 1 is 1.03 bits per heavy atom. The van der Waals surface area contributed by atoms with Crippen LogP contribution in [0.15, 0.2) is 60.7 Å². The lowest BCUT2D eigenvalue weighted by molar-refractivity contribution is 0.0696. The summed E-state index contributed by atoms with van der Waals surface area (Å²) in [5.74, 6) is 1.65. The molecule has 1 N–H and O–H groups in total. The number of carbonyl (C=O) groups is 2. The van der Waals surface area contributed by atoms with Crippen LogP contribution in [0, 0.1) is 0 Å². The van der Waals surface area contributed by atoms with Gasteiger partial charge in [-0.3, -0.25) is 9.69 Å². The van der Waals surface area contributed by atoms with Crippen molar-refractivity contribution in [1.29, 1.82) is 0 Å². The minimum atomic E-state index is -0.939. The quantitative estimate of drug-likeness (QED) is 0.209. The molecule has 0 saturated carbocycles. The molecule has 8 nitrogen and oxygen atoms in total. The molecule has 3 heterocycles. The number of thiol groups is 1. The van der Waals surface area contributed by atoms with Gasteiger partial charge in [-0.1, -0.05) is 30.3 Å². The molecular weight excluding hydrogens is 512 g/mol. The Bertz CT molecular complexity index is 1480. The summed E-state index contributed by atoms with van der Waals surface area (Å²) >= 11 is 4.41. The number of fused-ring (bicyclic) bond motifs is 1. The van der Waals surface area contributed by atoms with Gasteiger partial charge >= 0.3 is 5.97 Å². The molecule has 4 aromatic rings. The van der Waals surface area contributed by atoms with Crippen molar-refractivity contribution in [2.45, 2.75) is 45.4 Å². The number of nitrogens with zero attached hydrogens (tertiary/aromatic N) is 4. The van der Waals surface area contributed by atoms with Crippen LogP contribution in [0.5, 0.6) is 5.88 Å². The maximum Gasteiger partial charge on any atom is 0.335 e. The molecular formula is C30H32N4O4S. The highest BCUT2D eigenvalue weighted by atomic mass is 32.1. The van der Waals surface area contributed by atoms with Gasteiger partial charge in [0, 0.05) is 35.5 Å². The van der Waals surface area contributed by atoms with Crippen LogP contribution >= 0.6 is 12.6 Å². The van der Waals surface area contributed by atoms with Gasteiger partial charge < -0.3 is 14.4 Å². The van der Waals surface area contributed by atoms with Crippen molar-refractivity contribution in [2.75, 3.05) is 18.8 Å². The van der Waals surface area contributed by atoms with Crippen LogP contribution in [0.3, 0.4) is 0 Å². The molecule has 1 aliphatic heterocycles. The number of aromatic carboxylic acids is 1. The molecule has 5 rings (SSSR count). The molecule has 1 fully saturated rings. The molecule has 202 valence electrons. The highest BCUT2D eigenvalue weighted by Gasteiger charge is 2.24. The van der Waals surface area contributed by atoms with Crippen molar-refractivity contribution >= 4 is 35.4 Å².